The molecule has 10 nitrogen and oxygen atoms in total. The van der Waals surface area contributed by atoms with Crippen LogP contribution in [0.5, 0.6) is 0 Å². The number of tetrazole rings is 1. The van der Waals surface area contributed by atoms with Crippen LogP contribution in [0.4, 0.5) is 4.79 Å². The van der Waals surface area contributed by atoms with E-state index in [0.29, 0.717) is 0 Å². The smallest absolute Gasteiger partial charge is 0.408 e. The summed E-state index contributed by atoms with van der Waals surface area (Å²) >= 11 is 0. The number of benzene rings is 2. The van der Waals surface area contributed by atoms with Gasteiger partial charge in [-0.15, -0.1) is 10.2 Å². The first-order valence-electron chi connectivity index (χ1n) is 10.7. The summed E-state index contributed by atoms with van der Waals surface area (Å²) in [6.45, 7) is 4.98. The fraction of sp³-hybridized carbons (Fsp3) is 0.333. The highest BCUT2D eigenvalue weighted by Crippen LogP contribution is 2.11. The number of esters is 1. The number of amides is 1. The average molecular weight is 466 g/mol. The van der Waals surface area contributed by atoms with Crippen LogP contribution in [-0.2, 0) is 33.8 Å². The Morgan fingerprint density at radius 3 is 2.21 bits per heavy atom. The van der Waals surface area contributed by atoms with Crippen molar-refractivity contribution >= 4 is 17.8 Å². The lowest BCUT2D eigenvalue weighted by atomic mass is 10.0. The second-order valence-corrected chi connectivity index (χ2v) is 8.54. The zero-order valence-electron chi connectivity index (χ0n) is 19.3. The Labute approximate surface area is 197 Å². The lowest BCUT2D eigenvalue weighted by molar-refractivity contribution is -0.146. The summed E-state index contributed by atoms with van der Waals surface area (Å²) in [6, 6.07) is 17.4. The van der Waals surface area contributed by atoms with Crippen molar-refractivity contribution in [1.82, 2.24) is 25.5 Å². The van der Waals surface area contributed by atoms with E-state index in [1.54, 1.807) is 20.8 Å². The minimum absolute atomic E-state index is 0.110. The number of carbonyl (C=O) groups is 3. The van der Waals surface area contributed by atoms with E-state index in [1.165, 1.54) is 0 Å². The maximum atomic E-state index is 13.1. The number of hydrogen-bond donors (Lipinski definition) is 1. The Morgan fingerprint density at radius 1 is 0.971 bits per heavy atom. The molecule has 1 aromatic heterocycles. The second kappa shape index (κ2) is 11.2. The molecule has 34 heavy (non-hydrogen) atoms. The Hall–Kier alpha value is -4.08. The molecule has 1 atom stereocenters. The van der Waals surface area contributed by atoms with Crippen LogP contribution in [0.1, 0.15) is 42.5 Å². The molecule has 10 heteroatoms. The highest BCUT2D eigenvalue weighted by atomic mass is 16.6. The average Bonchev–Trinajstić information content (AvgIpc) is 3.25. The molecule has 1 amide bonds. The summed E-state index contributed by atoms with van der Waals surface area (Å²) in [7, 11) is 0. The third-order valence-electron chi connectivity index (χ3n) is 4.48. The van der Waals surface area contributed by atoms with Gasteiger partial charge in [-0.1, -0.05) is 60.7 Å². The number of ketones is 1. The maximum Gasteiger partial charge on any atom is 0.408 e. The first kappa shape index (κ1) is 24.6. The van der Waals surface area contributed by atoms with Crippen molar-refractivity contribution < 1.29 is 23.9 Å². The molecule has 0 aliphatic heterocycles. The van der Waals surface area contributed by atoms with Crippen molar-refractivity contribution in [3.8, 4) is 0 Å². The molecule has 1 heterocycles. The van der Waals surface area contributed by atoms with E-state index in [0.717, 1.165) is 15.9 Å². The lowest BCUT2D eigenvalue weighted by Crippen LogP contribution is -2.45. The van der Waals surface area contributed by atoms with Gasteiger partial charge in [0.2, 0.25) is 11.6 Å². The van der Waals surface area contributed by atoms with Gasteiger partial charge >= 0.3 is 12.1 Å². The van der Waals surface area contributed by atoms with Crippen molar-refractivity contribution in [1.29, 1.82) is 0 Å². The Balaban J connectivity index is 1.65. The number of ether oxygens (including phenoxy) is 2. The molecule has 0 bridgehead atoms. The van der Waals surface area contributed by atoms with Crippen LogP contribution < -0.4 is 5.32 Å². The van der Waals surface area contributed by atoms with Crippen molar-refractivity contribution in [2.75, 3.05) is 0 Å². The van der Waals surface area contributed by atoms with Crippen molar-refractivity contribution in [3.05, 3.63) is 77.6 Å². The molecule has 0 fully saturated rings. The summed E-state index contributed by atoms with van der Waals surface area (Å²) in [6.07, 6.45) is -0.536. The number of aromatic nitrogens is 4. The van der Waals surface area contributed by atoms with Crippen LogP contribution in [0.25, 0.3) is 0 Å². The summed E-state index contributed by atoms with van der Waals surface area (Å²) in [5, 5.41) is 14.1. The fourth-order valence-electron chi connectivity index (χ4n) is 2.97. The van der Waals surface area contributed by atoms with Gasteiger partial charge in [0.05, 0.1) is 0 Å². The third-order valence-corrected chi connectivity index (χ3v) is 4.48. The highest BCUT2D eigenvalue weighted by Gasteiger charge is 2.28. The van der Waals surface area contributed by atoms with Gasteiger partial charge in [0.15, 0.2) is 6.54 Å². The molecule has 0 spiro atoms. The Kier molecular flexibility index (Phi) is 8.07. The summed E-state index contributed by atoms with van der Waals surface area (Å²) in [5.41, 5.74) is 0.940. The molecule has 3 rings (SSSR count). The Morgan fingerprint density at radius 2 is 1.59 bits per heavy atom. The zero-order chi connectivity index (χ0) is 24.6. The molecule has 0 saturated carbocycles. The van der Waals surface area contributed by atoms with Crippen molar-refractivity contribution in [2.45, 2.75) is 52.0 Å². The van der Waals surface area contributed by atoms with E-state index < -0.39 is 29.5 Å². The van der Waals surface area contributed by atoms with E-state index in [9.17, 15) is 14.4 Å². The van der Waals surface area contributed by atoms with Crippen LogP contribution >= 0.6 is 0 Å². The maximum absolute atomic E-state index is 13.1. The van der Waals surface area contributed by atoms with Crippen LogP contribution in [0.2, 0.25) is 0 Å². The third kappa shape index (κ3) is 7.80. The van der Waals surface area contributed by atoms with Gasteiger partial charge < -0.3 is 14.8 Å². The molecular formula is C24H27N5O5. The summed E-state index contributed by atoms with van der Waals surface area (Å²) < 4.78 is 10.5. The number of hydrogen-bond acceptors (Lipinski definition) is 8. The predicted octanol–water partition coefficient (Wildman–Crippen LogP) is 2.74. The van der Waals surface area contributed by atoms with Gasteiger partial charge in [-0.2, -0.15) is 4.80 Å². The zero-order valence-corrected chi connectivity index (χ0v) is 19.3. The molecule has 1 N–H and O–H groups in total. The molecule has 0 saturated heterocycles. The highest BCUT2D eigenvalue weighted by molar-refractivity contribution is 5.98. The van der Waals surface area contributed by atoms with Crippen LogP contribution in [-0.4, -0.2) is 49.7 Å². The minimum atomic E-state index is -0.986. The van der Waals surface area contributed by atoms with Crippen LogP contribution in [0.3, 0.4) is 0 Å². The largest absolute Gasteiger partial charge is 0.459 e. The predicted molar refractivity (Wildman–Crippen MR) is 122 cm³/mol. The quantitative estimate of drug-likeness (QED) is 0.378. The summed E-state index contributed by atoms with van der Waals surface area (Å²) in [5.74, 6) is -1.36. The SMILES string of the molecule is CC(C)(C)OC(=O)N[C@@H](Cc1ccccc1)C(=O)c1nnn(CC(=O)OCc2ccccc2)n1. The van der Waals surface area contributed by atoms with Gasteiger partial charge in [-0.25, -0.2) is 9.59 Å². The number of Topliss-reactive ketones (excluding diaryl/α,β-unsaturated/α-hetero) is 1. The van der Waals surface area contributed by atoms with Crippen LogP contribution in [0.15, 0.2) is 60.7 Å². The van der Waals surface area contributed by atoms with Crippen molar-refractivity contribution in [2.24, 2.45) is 0 Å². The van der Waals surface area contributed by atoms with Gasteiger partial charge in [-0.3, -0.25) is 4.79 Å². The van der Waals surface area contributed by atoms with Crippen molar-refractivity contribution in [3.63, 3.8) is 0 Å². The first-order valence-corrected chi connectivity index (χ1v) is 10.7. The minimum Gasteiger partial charge on any atom is -0.459 e. The number of nitrogens with zero attached hydrogens (tertiary/aromatic N) is 4. The summed E-state index contributed by atoms with van der Waals surface area (Å²) in [4.78, 5) is 38.5. The van der Waals surface area contributed by atoms with Gasteiger partial charge in [0, 0.05) is 6.42 Å². The van der Waals surface area contributed by atoms with E-state index in [-0.39, 0.29) is 25.4 Å². The molecule has 0 unspecified atom stereocenters. The molecular weight excluding hydrogens is 438 g/mol. The van der Waals surface area contributed by atoms with E-state index in [2.05, 4.69) is 20.7 Å². The second-order valence-electron chi connectivity index (χ2n) is 8.54. The molecule has 0 radical (unpaired) electrons. The number of nitrogens with one attached hydrogen (secondary N) is 1. The standard InChI is InChI=1S/C24H27N5O5/c1-24(2,3)34-23(32)25-19(14-17-10-6-4-7-11-17)21(31)22-26-28-29(27-22)15-20(30)33-16-18-12-8-5-9-13-18/h4-13,19H,14-16H2,1-3H3,(H,25,32)/t19-/m0/s1. The monoisotopic (exact) mass is 465 g/mol. The lowest BCUT2D eigenvalue weighted by Gasteiger charge is -2.22. The Bertz CT molecular complexity index is 1110. The van der Waals surface area contributed by atoms with Gasteiger partial charge in [0.25, 0.3) is 0 Å². The van der Waals surface area contributed by atoms with E-state index >= 15 is 0 Å². The van der Waals surface area contributed by atoms with Gasteiger partial charge in [0.1, 0.15) is 18.2 Å². The molecule has 0 aliphatic rings. The van der Waals surface area contributed by atoms with Gasteiger partial charge in [-0.05, 0) is 37.1 Å². The van der Waals surface area contributed by atoms with E-state index in [1.807, 2.05) is 60.7 Å². The molecule has 0 aliphatic carbocycles. The molecule has 3 aromatic rings. The van der Waals surface area contributed by atoms with E-state index in [4.69, 9.17) is 9.47 Å². The fourth-order valence-corrected chi connectivity index (χ4v) is 2.97. The molecule has 178 valence electrons. The van der Waals surface area contributed by atoms with Crippen LogP contribution in [0, 0.1) is 0 Å². The number of rotatable bonds is 9. The number of carbonyl (C=O) groups excluding carboxylic acids is 3. The number of alkyl carbamates (subject to hydrolysis) is 1. The topological polar surface area (TPSA) is 125 Å². The normalized spacial score (nSPS) is 12.0. The molecule has 2 aromatic carbocycles. The first-order chi connectivity index (χ1) is 16.2.